The molecule has 1 N–H and O–H groups in total. The highest BCUT2D eigenvalue weighted by Crippen LogP contribution is 2.17. The Bertz CT molecular complexity index is 1030. The van der Waals surface area contributed by atoms with Gasteiger partial charge in [-0.2, -0.15) is 0 Å². The fourth-order valence-corrected chi connectivity index (χ4v) is 4.85. The Morgan fingerprint density at radius 2 is 1.70 bits per heavy atom. The molecule has 0 saturated carbocycles. The number of hydrogen-bond acceptors (Lipinski definition) is 5. The maximum Gasteiger partial charge on any atom is 0.235 e. The summed E-state index contributed by atoms with van der Waals surface area (Å²) < 4.78 is 48.2. The second kappa shape index (κ2) is 8.53. The van der Waals surface area contributed by atoms with Crippen LogP contribution in [-0.4, -0.2) is 34.8 Å². The van der Waals surface area contributed by atoms with E-state index in [0.717, 1.165) is 10.7 Å². The van der Waals surface area contributed by atoms with Gasteiger partial charge >= 0.3 is 0 Å². The van der Waals surface area contributed by atoms with Crippen molar-refractivity contribution in [2.75, 3.05) is 12.0 Å². The summed E-state index contributed by atoms with van der Waals surface area (Å²) in [6.07, 6.45) is 1.11. The highest BCUT2D eigenvalue weighted by molar-refractivity contribution is 9.10. The number of sulfone groups is 2. The van der Waals surface area contributed by atoms with Crippen LogP contribution in [0.3, 0.4) is 0 Å². The Labute approximate surface area is 168 Å². The van der Waals surface area contributed by atoms with Gasteiger partial charge in [-0.3, -0.25) is 4.79 Å². The van der Waals surface area contributed by atoms with Crippen LogP contribution in [0.4, 0.5) is 0 Å². The molecule has 0 bridgehead atoms. The van der Waals surface area contributed by atoms with E-state index in [4.69, 9.17) is 0 Å². The molecule has 0 aliphatic rings. The summed E-state index contributed by atoms with van der Waals surface area (Å²) in [7, 11) is -6.91. The van der Waals surface area contributed by atoms with E-state index in [9.17, 15) is 21.6 Å². The minimum Gasteiger partial charge on any atom is -0.349 e. The Morgan fingerprint density at radius 1 is 1.07 bits per heavy atom. The van der Waals surface area contributed by atoms with Crippen LogP contribution in [0.2, 0.25) is 0 Å². The van der Waals surface area contributed by atoms with Gasteiger partial charge in [-0.1, -0.05) is 40.2 Å². The number of nitrogens with one attached hydrogen (secondary N) is 1. The van der Waals surface area contributed by atoms with Gasteiger partial charge < -0.3 is 5.32 Å². The molecule has 27 heavy (non-hydrogen) atoms. The first-order valence-electron chi connectivity index (χ1n) is 8.00. The van der Waals surface area contributed by atoms with E-state index in [1.807, 2.05) is 0 Å². The first-order valence-corrected chi connectivity index (χ1v) is 12.5. The van der Waals surface area contributed by atoms with Gasteiger partial charge in [-0.05, 0) is 42.3 Å². The molecule has 0 aliphatic heterocycles. The van der Waals surface area contributed by atoms with Crippen LogP contribution in [0.5, 0.6) is 0 Å². The average Bonchev–Trinajstić information content (AvgIpc) is 2.52. The molecule has 0 aliphatic carbocycles. The van der Waals surface area contributed by atoms with Gasteiger partial charge in [-0.25, -0.2) is 16.8 Å². The van der Waals surface area contributed by atoms with Gasteiger partial charge in [0.05, 0.1) is 16.7 Å². The van der Waals surface area contributed by atoms with Crippen LogP contribution in [-0.2, 0) is 30.2 Å². The molecule has 6 nitrogen and oxygen atoms in total. The number of benzene rings is 2. The van der Waals surface area contributed by atoms with Crippen molar-refractivity contribution in [3.63, 3.8) is 0 Å². The zero-order valence-electron chi connectivity index (χ0n) is 14.8. The molecule has 1 amide bonds. The minimum atomic E-state index is -3.62. The lowest BCUT2D eigenvalue weighted by Crippen LogP contribution is -2.32. The summed E-state index contributed by atoms with van der Waals surface area (Å²) >= 11 is 3.28. The quantitative estimate of drug-likeness (QED) is 0.666. The second-order valence-corrected chi connectivity index (χ2v) is 11.3. The van der Waals surface area contributed by atoms with Gasteiger partial charge in [0, 0.05) is 10.7 Å². The van der Waals surface area contributed by atoms with E-state index in [1.165, 1.54) is 12.1 Å². The Balaban J connectivity index is 1.99. The Morgan fingerprint density at radius 3 is 2.26 bits per heavy atom. The first-order chi connectivity index (χ1) is 12.5. The molecule has 2 aromatic carbocycles. The van der Waals surface area contributed by atoms with Crippen molar-refractivity contribution < 1.29 is 21.6 Å². The topological polar surface area (TPSA) is 97.4 Å². The molecule has 0 spiro atoms. The van der Waals surface area contributed by atoms with Gasteiger partial charge in [0.25, 0.3) is 0 Å². The fraction of sp³-hybridized carbons (Fsp3) is 0.278. The van der Waals surface area contributed by atoms with Crippen LogP contribution >= 0.6 is 15.9 Å². The SMILES string of the molecule is CC(NC(=O)CS(=O)(=O)Cc1cccc(Br)c1)c1ccc(S(C)(=O)=O)cc1. The molecule has 1 atom stereocenters. The highest BCUT2D eigenvalue weighted by atomic mass is 79.9. The van der Waals surface area contributed by atoms with Crippen molar-refractivity contribution in [2.45, 2.75) is 23.6 Å². The van der Waals surface area contributed by atoms with Crippen LogP contribution < -0.4 is 5.32 Å². The van der Waals surface area contributed by atoms with Crippen LogP contribution in [0.25, 0.3) is 0 Å². The zero-order chi connectivity index (χ0) is 20.2. The third-order valence-corrected chi connectivity index (χ3v) is 6.91. The van der Waals surface area contributed by atoms with Crippen molar-refractivity contribution in [1.29, 1.82) is 0 Å². The molecule has 0 saturated heterocycles. The largest absolute Gasteiger partial charge is 0.349 e. The van der Waals surface area contributed by atoms with Crippen molar-refractivity contribution >= 4 is 41.5 Å². The van der Waals surface area contributed by atoms with E-state index in [1.54, 1.807) is 43.3 Å². The van der Waals surface area contributed by atoms with Gasteiger partial charge in [0.1, 0.15) is 5.75 Å². The lowest BCUT2D eigenvalue weighted by molar-refractivity contribution is -0.119. The molecule has 146 valence electrons. The van der Waals surface area contributed by atoms with Crippen LogP contribution in [0.15, 0.2) is 57.9 Å². The molecule has 1 unspecified atom stereocenters. The summed E-state index contributed by atoms with van der Waals surface area (Å²) in [6, 6.07) is 12.6. The minimum absolute atomic E-state index is 0.182. The predicted molar refractivity (Wildman–Crippen MR) is 108 cm³/mol. The number of halogens is 1. The lowest BCUT2D eigenvalue weighted by Gasteiger charge is -2.15. The first kappa shape index (κ1) is 21.6. The normalized spacial score (nSPS) is 13.1. The van der Waals surface area contributed by atoms with Crippen molar-refractivity contribution in [3.05, 3.63) is 64.1 Å². The summed E-state index contributed by atoms with van der Waals surface area (Å²) in [6.45, 7) is 1.70. The van der Waals surface area contributed by atoms with Gasteiger partial charge in [-0.15, -0.1) is 0 Å². The molecule has 0 heterocycles. The third kappa shape index (κ3) is 6.75. The van der Waals surface area contributed by atoms with Gasteiger partial charge in [0.2, 0.25) is 5.91 Å². The molecule has 0 aromatic heterocycles. The van der Waals surface area contributed by atoms with Crippen molar-refractivity contribution in [2.24, 2.45) is 0 Å². The number of carbonyl (C=O) groups excluding carboxylic acids is 1. The molecule has 2 rings (SSSR count). The smallest absolute Gasteiger partial charge is 0.235 e. The lowest BCUT2D eigenvalue weighted by atomic mass is 10.1. The maximum atomic E-state index is 12.3. The van der Waals surface area contributed by atoms with E-state index in [-0.39, 0.29) is 10.6 Å². The summed E-state index contributed by atoms with van der Waals surface area (Å²) in [5.74, 6) is -1.45. The third-order valence-electron chi connectivity index (χ3n) is 3.81. The van der Waals surface area contributed by atoms with Crippen molar-refractivity contribution in [1.82, 2.24) is 5.32 Å². The summed E-state index contributed by atoms with van der Waals surface area (Å²) in [5.41, 5.74) is 1.28. The molecule has 0 radical (unpaired) electrons. The zero-order valence-corrected chi connectivity index (χ0v) is 18.1. The van der Waals surface area contributed by atoms with Crippen molar-refractivity contribution in [3.8, 4) is 0 Å². The number of hydrogen-bond donors (Lipinski definition) is 1. The summed E-state index contributed by atoms with van der Waals surface area (Å²) in [4.78, 5) is 12.3. The standard InChI is InChI=1S/C18H20BrNO5S2/c1-13(15-6-8-17(9-7-15)26(2,22)23)20-18(21)12-27(24,25)11-14-4-3-5-16(19)10-14/h3-10,13H,11-12H2,1-2H3,(H,20,21). The van der Waals surface area contributed by atoms with Crippen LogP contribution in [0, 0.1) is 0 Å². The molecule has 9 heteroatoms. The van der Waals surface area contributed by atoms with E-state index in [2.05, 4.69) is 21.2 Å². The number of rotatable bonds is 7. The van der Waals surface area contributed by atoms with E-state index in [0.29, 0.717) is 11.1 Å². The Hall–Kier alpha value is -1.71. The average molecular weight is 474 g/mol. The molecular formula is C18H20BrNO5S2. The van der Waals surface area contributed by atoms with E-state index >= 15 is 0 Å². The molecular weight excluding hydrogens is 454 g/mol. The predicted octanol–water partition coefficient (Wildman–Crippen LogP) is 2.64. The molecule has 2 aromatic rings. The fourth-order valence-electron chi connectivity index (χ4n) is 2.50. The maximum absolute atomic E-state index is 12.3. The Kier molecular flexibility index (Phi) is 6.82. The second-order valence-electron chi connectivity index (χ2n) is 6.29. The van der Waals surface area contributed by atoms with Crippen LogP contribution in [0.1, 0.15) is 24.1 Å². The number of amides is 1. The van der Waals surface area contributed by atoms with E-state index < -0.39 is 37.4 Å². The van der Waals surface area contributed by atoms with Gasteiger partial charge in [0.15, 0.2) is 19.7 Å². The monoisotopic (exact) mass is 473 g/mol. The number of carbonyl (C=O) groups is 1. The highest BCUT2D eigenvalue weighted by Gasteiger charge is 2.19. The molecule has 0 fully saturated rings. The summed E-state index contributed by atoms with van der Waals surface area (Å²) in [5, 5.41) is 2.63.